The largest absolute Gasteiger partial charge is 0.346 e. The van der Waals surface area contributed by atoms with Gasteiger partial charge in [-0.1, -0.05) is 13.8 Å². The molecule has 0 aromatic carbocycles. The first-order chi connectivity index (χ1) is 9.03. The van der Waals surface area contributed by atoms with Crippen LogP contribution in [0.1, 0.15) is 20.8 Å². The van der Waals surface area contributed by atoms with E-state index >= 15 is 0 Å². The van der Waals surface area contributed by atoms with Gasteiger partial charge in [0.1, 0.15) is 0 Å². The lowest BCUT2D eigenvalue weighted by Gasteiger charge is -2.41. The van der Waals surface area contributed by atoms with Crippen LogP contribution in [0.4, 0.5) is 5.13 Å². The van der Waals surface area contributed by atoms with Crippen molar-refractivity contribution in [3.05, 3.63) is 11.6 Å². The van der Waals surface area contributed by atoms with E-state index in [0.29, 0.717) is 11.5 Å². The summed E-state index contributed by atoms with van der Waals surface area (Å²) in [6.07, 6.45) is 1.89. The maximum atomic E-state index is 4.40. The lowest BCUT2D eigenvalue weighted by molar-refractivity contribution is 0.140. The predicted molar refractivity (Wildman–Crippen MR) is 83.1 cm³/mol. The van der Waals surface area contributed by atoms with Crippen molar-refractivity contribution in [2.45, 2.75) is 26.8 Å². The molecule has 108 valence electrons. The Morgan fingerprint density at radius 3 is 2.58 bits per heavy atom. The van der Waals surface area contributed by atoms with Crippen molar-refractivity contribution < 1.29 is 0 Å². The molecular formula is C14H26N4S. The molecule has 1 aliphatic rings. The van der Waals surface area contributed by atoms with Gasteiger partial charge in [-0.15, -0.1) is 11.3 Å². The van der Waals surface area contributed by atoms with E-state index in [2.05, 4.69) is 46.3 Å². The standard InChI is InChI=1S/C14H26N4S/c1-12(15-4)14(2,3)11-17-6-8-18(9-7-17)13-16-5-10-19-13/h5,10,12,15H,6-9,11H2,1-4H3. The minimum absolute atomic E-state index is 0.304. The van der Waals surface area contributed by atoms with Crippen LogP contribution >= 0.6 is 11.3 Å². The third kappa shape index (κ3) is 3.68. The molecule has 1 fully saturated rings. The Morgan fingerprint density at radius 2 is 2.05 bits per heavy atom. The van der Waals surface area contributed by atoms with Crippen molar-refractivity contribution in [3.8, 4) is 0 Å². The average molecular weight is 282 g/mol. The van der Waals surface area contributed by atoms with Crippen LogP contribution in [0.2, 0.25) is 0 Å². The van der Waals surface area contributed by atoms with Crippen molar-refractivity contribution in [3.63, 3.8) is 0 Å². The smallest absolute Gasteiger partial charge is 0.185 e. The maximum absolute atomic E-state index is 4.40. The molecule has 0 aliphatic carbocycles. The van der Waals surface area contributed by atoms with Crippen LogP contribution in [0, 0.1) is 5.41 Å². The first-order valence-corrected chi connectivity index (χ1v) is 7.95. The average Bonchev–Trinajstić information content (AvgIpc) is 2.92. The summed E-state index contributed by atoms with van der Waals surface area (Å²) in [6, 6.07) is 0.532. The van der Waals surface area contributed by atoms with Crippen LogP contribution in [0.5, 0.6) is 0 Å². The van der Waals surface area contributed by atoms with Gasteiger partial charge in [0.05, 0.1) is 0 Å². The number of hydrogen-bond donors (Lipinski definition) is 1. The van der Waals surface area contributed by atoms with Crippen molar-refractivity contribution in [1.29, 1.82) is 0 Å². The number of anilines is 1. The number of hydrogen-bond acceptors (Lipinski definition) is 5. The molecular weight excluding hydrogens is 256 g/mol. The van der Waals surface area contributed by atoms with Crippen LogP contribution in [-0.4, -0.2) is 55.7 Å². The second-order valence-corrected chi connectivity index (χ2v) is 6.95. The van der Waals surface area contributed by atoms with Crippen LogP contribution in [0.15, 0.2) is 11.6 Å². The summed E-state index contributed by atoms with van der Waals surface area (Å²) < 4.78 is 0. The molecule has 1 aliphatic heterocycles. The molecule has 2 rings (SSSR count). The quantitative estimate of drug-likeness (QED) is 0.894. The predicted octanol–water partition coefficient (Wildman–Crippen LogP) is 1.90. The summed E-state index contributed by atoms with van der Waals surface area (Å²) in [4.78, 5) is 9.38. The van der Waals surface area contributed by atoms with E-state index in [0.717, 1.165) is 32.7 Å². The second kappa shape index (κ2) is 6.20. The molecule has 4 nitrogen and oxygen atoms in total. The molecule has 0 spiro atoms. The molecule has 0 saturated carbocycles. The summed E-state index contributed by atoms with van der Waals surface area (Å²) in [5.41, 5.74) is 0.304. The zero-order valence-electron chi connectivity index (χ0n) is 12.5. The number of piperazine rings is 1. The fourth-order valence-corrected chi connectivity index (χ4v) is 3.27. The van der Waals surface area contributed by atoms with E-state index in [-0.39, 0.29) is 0 Å². The highest BCUT2D eigenvalue weighted by atomic mass is 32.1. The lowest BCUT2D eigenvalue weighted by atomic mass is 9.84. The number of nitrogens with zero attached hydrogens (tertiary/aromatic N) is 3. The Hall–Kier alpha value is -0.650. The van der Waals surface area contributed by atoms with E-state index in [9.17, 15) is 0 Å². The minimum atomic E-state index is 0.304. The summed E-state index contributed by atoms with van der Waals surface area (Å²) in [7, 11) is 2.05. The number of thiazole rings is 1. The van der Waals surface area contributed by atoms with Gasteiger partial charge in [-0.05, 0) is 19.4 Å². The van der Waals surface area contributed by atoms with Gasteiger partial charge in [-0.3, -0.25) is 4.90 Å². The topological polar surface area (TPSA) is 31.4 Å². The summed E-state index contributed by atoms with van der Waals surface area (Å²) in [5.74, 6) is 0. The highest BCUT2D eigenvalue weighted by molar-refractivity contribution is 7.13. The highest BCUT2D eigenvalue weighted by Crippen LogP contribution is 2.24. The van der Waals surface area contributed by atoms with Crippen LogP contribution in [0.3, 0.4) is 0 Å². The Kier molecular flexibility index (Phi) is 4.81. The summed E-state index contributed by atoms with van der Waals surface area (Å²) in [5, 5.41) is 6.60. The van der Waals surface area contributed by atoms with Gasteiger partial charge in [-0.25, -0.2) is 4.98 Å². The van der Waals surface area contributed by atoms with E-state index in [4.69, 9.17) is 0 Å². The maximum Gasteiger partial charge on any atom is 0.185 e. The SMILES string of the molecule is CNC(C)C(C)(C)CN1CCN(c2nccs2)CC1. The van der Waals surface area contributed by atoms with E-state index in [1.54, 1.807) is 11.3 Å². The zero-order valence-corrected chi connectivity index (χ0v) is 13.3. The van der Waals surface area contributed by atoms with Crippen molar-refractivity contribution in [1.82, 2.24) is 15.2 Å². The Morgan fingerprint density at radius 1 is 1.37 bits per heavy atom. The minimum Gasteiger partial charge on any atom is -0.346 e. The second-order valence-electron chi connectivity index (χ2n) is 6.08. The molecule has 1 N–H and O–H groups in total. The third-order valence-electron chi connectivity index (χ3n) is 4.30. The molecule has 1 atom stereocenters. The molecule has 0 bridgehead atoms. The summed E-state index contributed by atoms with van der Waals surface area (Å²) in [6.45, 7) is 12.6. The number of nitrogens with one attached hydrogen (secondary N) is 1. The number of rotatable bonds is 5. The summed E-state index contributed by atoms with van der Waals surface area (Å²) >= 11 is 1.74. The van der Waals surface area contributed by atoms with Crippen molar-refractivity contribution >= 4 is 16.5 Å². The van der Waals surface area contributed by atoms with Gasteiger partial charge in [0.15, 0.2) is 5.13 Å². The van der Waals surface area contributed by atoms with Gasteiger partial charge in [0.2, 0.25) is 0 Å². The van der Waals surface area contributed by atoms with Crippen molar-refractivity contribution in [2.75, 3.05) is 44.7 Å². The molecule has 0 radical (unpaired) electrons. The first-order valence-electron chi connectivity index (χ1n) is 7.07. The molecule has 1 aromatic heterocycles. The normalized spacial score (nSPS) is 19.7. The van der Waals surface area contributed by atoms with Crippen molar-refractivity contribution in [2.24, 2.45) is 5.41 Å². The Balaban J connectivity index is 1.83. The molecule has 2 heterocycles. The molecule has 0 amide bonds. The molecule has 1 unspecified atom stereocenters. The van der Waals surface area contributed by atoms with Gasteiger partial charge in [0, 0.05) is 50.3 Å². The van der Waals surface area contributed by atoms with Gasteiger partial charge in [0.25, 0.3) is 0 Å². The lowest BCUT2D eigenvalue weighted by Crippen LogP contribution is -2.52. The highest BCUT2D eigenvalue weighted by Gasteiger charge is 2.29. The molecule has 19 heavy (non-hydrogen) atoms. The monoisotopic (exact) mass is 282 g/mol. The third-order valence-corrected chi connectivity index (χ3v) is 5.13. The van der Waals surface area contributed by atoms with Crippen LogP contribution in [0.25, 0.3) is 0 Å². The molecule has 1 aromatic rings. The van der Waals surface area contributed by atoms with E-state index in [1.165, 1.54) is 5.13 Å². The fourth-order valence-electron chi connectivity index (χ4n) is 2.57. The Bertz CT molecular complexity index is 369. The molecule has 1 saturated heterocycles. The van der Waals surface area contributed by atoms with Gasteiger partial charge >= 0.3 is 0 Å². The molecule has 5 heteroatoms. The first kappa shape index (κ1) is 14.8. The van der Waals surface area contributed by atoms with E-state index < -0.39 is 0 Å². The van der Waals surface area contributed by atoms with E-state index in [1.807, 2.05) is 13.2 Å². The Labute approximate surface area is 120 Å². The zero-order chi connectivity index (χ0) is 13.9. The fraction of sp³-hybridized carbons (Fsp3) is 0.786. The van der Waals surface area contributed by atoms with Crippen LogP contribution < -0.4 is 10.2 Å². The van der Waals surface area contributed by atoms with Crippen LogP contribution in [-0.2, 0) is 0 Å². The number of aromatic nitrogens is 1. The van der Waals surface area contributed by atoms with Gasteiger partial charge in [-0.2, -0.15) is 0 Å². The van der Waals surface area contributed by atoms with Gasteiger partial charge < -0.3 is 10.2 Å².